The van der Waals surface area contributed by atoms with Crippen LogP contribution in [-0.2, 0) is 0 Å². The van der Waals surface area contributed by atoms with E-state index in [2.05, 4.69) is 22.7 Å². The molecular weight excluding hydrogens is 264 g/mol. The molecule has 2 amide bonds. The van der Waals surface area contributed by atoms with Crippen molar-refractivity contribution < 1.29 is 4.79 Å². The lowest BCUT2D eigenvalue weighted by Crippen LogP contribution is -2.30. The van der Waals surface area contributed by atoms with Gasteiger partial charge in [-0.1, -0.05) is 38.3 Å². The third-order valence-electron chi connectivity index (χ3n) is 3.22. The molecule has 0 aliphatic carbocycles. The Labute approximate surface area is 125 Å². The highest BCUT2D eigenvalue weighted by Crippen LogP contribution is 2.18. The first-order chi connectivity index (χ1) is 10.3. The maximum atomic E-state index is 11.9. The maximum absolute atomic E-state index is 11.9. The Kier molecular flexibility index (Phi) is 5.82. The summed E-state index contributed by atoms with van der Waals surface area (Å²) in [4.78, 5) is 11.9. The van der Waals surface area contributed by atoms with Crippen LogP contribution in [0.5, 0.6) is 0 Å². The van der Waals surface area contributed by atoms with Crippen LogP contribution < -0.4 is 10.6 Å². The molecule has 0 bridgehead atoms. The van der Waals surface area contributed by atoms with E-state index < -0.39 is 0 Å². The number of carbonyl (C=O) groups excluding carboxylic acids is 1. The molecule has 2 N–H and O–H groups in total. The molecule has 0 fully saturated rings. The normalized spacial score (nSPS) is 10.3. The van der Waals surface area contributed by atoms with Crippen molar-refractivity contribution >= 4 is 11.7 Å². The highest BCUT2D eigenvalue weighted by Gasteiger charge is 2.07. The molecule has 0 saturated heterocycles. The summed E-state index contributed by atoms with van der Waals surface area (Å²) in [5.41, 5.74) is 1.59. The molecule has 0 aliphatic heterocycles. The van der Waals surface area contributed by atoms with E-state index >= 15 is 0 Å². The summed E-state index contributed by atoms with van der Waals surface area (Å²) in [5.74, 6) is 0. The van der Waals surface area contributed by atoms with E-state index in [1.165, 1.54) is 12.8 Å². The van der Waals surface area contributed by atoms with E-state index in [0.29, 0.717) is 6.54 Å². The van der Waals surface area contributed by atoms with Crippen molar-refractivity contribution in [2.75, 3.05) is 11.9 Å². The van der Waals surface area contributed by atoms with Crippen LogP contribution in [0.25, 0.3) is 5.69 Å². The van der Waals surface area contributed by atoms with Gasteiger partial charge in [-0.2, -0.15) is 5.10 Å². The van der Waals surface area contributed by atoms with E-state index in [9.17, 15) is 4.79 Å². The summed E-state index contributed by atoms with van der Waals surface area (Å²) in [6.45, 7) is 2.88. The fraction of sp³-hybridized carbons (Fsp3) is 0.375. The van der Waals surface area contributed by atoms with Crippen LogP contribution in [0, 0.1) is 0 Å². The molecule has 21 heavy (non-hydrogen) atoms. The zero-order valence-corrected chi connectivity index (χ0v) is 12.4. The summed E-state index contributed by atoms with van der Waals surface area (Å²) >= 11 is 0. The fourth-order valence-electron chi connectivity index (χ4n) is 2.11. The summed E-state index contributed by atoms with van der Waals surface area (Å²) in [6, 6.07) is 9.28. The number of nitrogens with one attached hydrogen (secondary N) is 2. The molecule has 1 heterocycles. The van der Waals surface area contributed by atoms with Gasteiger partial charge in [0.15, 0.2) is 0 Å². The average molecular weight is 286 g/mol. The van der Waals surface area contributed by atoms with E-state index in [1.807, 2.05) is 36.5 Å². The van der Waals surface area contributed by atoms with Crippen molar-refractivity contribution in [2.24, 2.45) is 0 Å². The first kappa shape index (κ1) is 15.1. The van der Waals surface area contributed by atoms with Gasteiger partial charge in [0.25, 0.3) is 0 Å². The molecule has 1 aromatic heterocycles. The van der Waals surface area contributed by atoms with Gasteiger partial charge in [-0.15, -0.1) is 0 Å². The lowest BCUT2D eigenvalue weighted by Gasteiger charge is -2.11. The summed E-state index contributed by atoms with van der Waals surface area (Å²) in [7, 11) is 0. The van der Waals surface area contributed by atoms with Crippen molar-refractivity contribution in [1.29, 1.82) is 0 Å². The number of hydrogen-bond donors (Lipinski definition) is 2. The number of amides is 2. The topological polar surface area (TPSA) is 59.0 Å². The third-order valence-corrected chi connectivity index (χ3v) is 3.22. The zero-order valence-electron chi connectivity index (χ0n) is 12.4. The predicted molar refractivity (Wildman–Crippen MR) is 84.7 cm³/mol. The molecule has 5 heteroatoms. The molecule has 2 aromatic rings. The Bertz CT molecular complexity index is 551. The van der Waals surface area contributed by atoms with Crippen molar-refractivity contribution in [1.82, 2.24) is 15.1 Å². The van der Waals surface area contributed by atoms with Crippen LogP contribution >= 0.6 is 0 Å². The molecule has 5 nitrogen and oxygen atoms in total. The van der Waals surface area contributed by atoms with E-state index in [-0.39, 0.29) is 6.03 Å². The molecule has 0 unspecified atom stereocenters. The Morgan fingerprint density at radius 3 is 2.81 bits per heavy atom. The molecular formula is C16H22N4O. The van der Waals surface area contributed by atoms with Gasteiger partial charge >= 0.3 is 6.03 Å². The fourth-order valence-corrected chi connectivity index (χ4v) is 2.11. The zero-order chi connectivity index (χ0) is 14.9. The smallest absolute Gasteiger partial charge is 0.319 e. The number of anilines is 1. The second-order valence-corrected chi connectivity index (χ2v) is 4.91. The molecule has 0 saturated carbocycles. The number of urea groups is 1. The summed E-state index contributed by atoms with van der Waals surface area (Å²) < 4.78 is 1.73. The number of carbonyl (C=O) groups is 1. The molecule has 2 rings (SSSR count). The Hall–Kier alpha value is -2.30. The molecule has 0 aliphatic rings. The number of aromatic nitrogens is 2. The second-order valence-electron chi connectivity index (χ2n) is 4.91. The Morgan fingerprint density at radius 1 is 1.19 bits per heavy atom. The van der Waals surface area contributed by atoms with E-state index in [1.54, 1.807) is 10.9 Å². The predicted octanol–water partition coefficient (Wildman–Crippen LogP) is 3.57. The molecule has 0 atom stereocenters. The summed E-state index contributed by atoms with van der Waals surface area (Å²) in [5, 5.41) is 9.96. The minimum absolute atomic E-state index is 0.175. The average Bonchev–Trinajstić information content (AvgIpc) is 3.02. The van der Waals surface area contributed by atoms with Gasteiger partial charge in [0.1, 0.15) is 0 Å². The van der Waals surface area contributed by atoms with Crippen LogP contribution in [-0.4, -0.2) is 22.4 Å². The van der Waals surface area contributed by atoms with Crippen molar-refractivity contribution in [3.63, 3.8) is 0 Å². The van der Waals surface area contributed by atoms with Crippen LogP contribution in [0.3, 0.4) is 0 Å². The Balaban J connectivity index is 1.89. The van der Waals surface area contributed by atoms with Crippen LogP contribution in [0.2, 0.25) is 0 Å². The van der Waals surface area contributed by atoms with E-state index in [4.69, 9.17) is 0 Å². The highest BCUT2D eigenvalue weighted by molar-refractivity contribution is 5.91. The monoisotopic (exact) mass is 286 g/mol. The molecule has 112 valence electrons. The molecule has 0 radical (unpaired) electrons. The van der Waals surface area contributed by atoms with Crippen molar-refractivity contribution in [3.05, 3.63) is 42.7 Å². The standard InChI is InChI=1S/C16H22N4O/c1-2-3-4-7-11-17-16(21)19-14-9-5-6-10-15(14)20-13-8-12-18-20/h5-6,8-10,12-13H,2-4,7,11H2,1H3,(H2,17,19,21). The third kappa shape index (κ3) is 4.63. The minimum Gasteiger partial charge on any atom is -0.338 e. The first-order valence-electron chi connectivity index (χ1n) is 7.45. The van der Waals surface area contributed by atoms with Crippen molar-refractivity contribution in [2.45, 2.75) is 32.6 Å². The number of benzene rings is 1. The maximum Gasteiger partial charge on any atom is 0.319 e. The van der Waals surface area contributed by atoms with Gasteiger partial charge in [-0.25, -0.2) is 9.48 Å². The molecule has 0 spiro atoms. The number of para-hydroxylation sites is 2. The van der Waals surface area contributed by atoms with Gasteiger partial charge in [-0.3, -0.25) is 0 Å². The largest absolute Gasteiger partial charge is 0.338 e. The number of nitrogens with zero attached hydrogens (tertiary/aromatic N) is 2. The lowest BCUT2D eigenvalue weighted by molar-refractivity contribution is 0.252. The first-order valence-corrected chi connectivity index (χ1v) is 7.45. The number of rotatable bonds is 7. The van der Waals surface area contributed by atoms with Gasteiger partial charge in [0.05, 0.1) is 11.4 Å². The van der Waals surface area contributed by atoms with Gasteiger partial charge in [0, 0.05) is 18.9 Å². The van der Waals surface area contributed by atoms with Crippen LogP contribution in [0.15, 0.2) is 42.7 Å². The molecule has 1 aromatic carbocycles. The minimum atomic E-state index is -0.175. The SMILES string of the molecule is CCCCCCNC(=O)Nc1ccccc1-n1cccn1. The number of hydrogen-bond acceptors (Lipinski definition) is 2. The Morgan fingerprint density at radius 2 is 2.05 bits per heavy atom. The summed E-state index contributed by atoms with van der Waals surface area (Å²) in [6.07, 6.45) is 8.14. The van der Waals surface area contributed by atoms with Gasteiger partial charge < -0.3 is 10.6 Å². The highest BCUT2D eigenvalue weighted by atomic mass is 16.2. The lowest BCUT2D eigenvalue weighted by atomic mass is 10.2. The number of unbranched alkanes of at least 4 members (excludes halogenated alkanes) is 3. The van der Waals surface area contributed by atoms with Crippen LogP contribution in [0.1, 0.15) is 32.6 Å². The van der Waals surface area contributed by atoms with Gasteiger partial charge in [0.2, 0.25) is 0 Å². The second kappa shape index (κ2) is 8.09. The van der Waals surface area contributed by atoms with E-state index in [0.717, 1.165) is 24.2 Å². The van der Waals surface area contributed by atoms with Crippen LogP contribution in [0.4, 0.5) is 10.5 Å². The quantitative estimate of drug-likeness (QED) is 0.764. The van der Waals surface area contributed by atoms with Gasteiger partial charge in [-0.05, 0) is 24.6 Å². The van der Waals surface area contributed by atoms with Crippen molar-refractivity contribution in [3.8, 4) is 5.69 Å².